The molecule has 1 saturated heterocycles. The van der Waals surface area contributed by atoms with Gasteiger partial charge >= 0.3 is 5.97 Å². The lowest BCUT2D eigenvalue weighted by Crippen LogP contribution is -2.43. The summed E-state index contributed by atoms with van der Waals surface area (Å²) in [4.78, 5) is 39.7. The van der Waals surface area contributed by atoms with Gasteiger partial charge in [0.25, 0.3) is 5.91 Å². The number of carbonyl (C=O) groups is 3. The van der Waals surface area contributed by atoms with Crippen LogP contribution in [0.2, 0.25) is 0 Å². The number of anilines is 1. The number of hydrogen-bond donors (Lipinski definition) is 1. The molecule has 0 unspecified atom stereocenters. The molecule has 1 aliphatic heterocycles. The highest BCUT2D eigenvalue weighted by atomic mass is 16.5. The van der Waals surface area contributed by atoms with Gasteiger partial charge < -0.3 is 19.7 Å². The van der Waals surface area contributed by atoms with Gasteiger partial charge in [0.15, 0.2) is 0 Å². The van der Waals surface area contributed by atoms with Crippen molar-refractivity contribution >= 4 is 23.5 Å². The smallest absolute Gasteiger partial charge is 0.311 e. The Hall–Kier alpha value is -3.35. The monoisotopic (exact) mass is 424 g/mol. The van der Waals surface area contributed by atoms with E-state index >= 15 is 0 Å². The highest BCUT2D eigenvalue weighted by Gasteiger charge is 2.33. The lowest BCUT2D eigenvalue weighted by atomic mass is 9.97. The third-order valence-electron chi connectivity index (χ3n) is 5.34. The molecule has 31 heavy (non-hydrogen) atoms. The summed E-state index contributed by atoms with van der Waals surface area (Å²) >= 11 is 0. The van der Waals surface area contributed by atoms with Gasteiger partial charge in [0.1, 0.15) is 5.75 Å². The Bertz CT molecular complexity index is 898. The molecule has 2 aromatic carbocycles. The maximum atomic E-state index is 13.0. The van der Waals surface area contributed by atoms with E-state index in [1.54, 1.807) is 67.5 Å². The first-order valence-electron chi connectivity index (χ1n) is 10.5. The minimum atomic E-state index is -1.09. The number of esters is 1. The molecule has 1 N–H and O–H groups in total. The summed E-state index contributed by atoms with van der Waals surface area (Å²) in [5, 5.41) is 2.80. The van der Waals surface area contributed by atoms with Crippen LogP contribution in [0.5, 0.6) is 5.75 Å². The van der Waals surface area contributed by atoms with E-state index in [0.29, 0.717) is 42.9 Å². The normalized spacial score (nSPS) is 16.8. The molecule has 2 aromatic rings. The van der Waals surface area contributed by atoms with Crippen molar-refractivity contribution < 1.29 is 23.9 Å². The number of carbonyl (C=O) groups excluding carboxylic acids is 3. The highest BCUT2D eigenvalue weighted by molar-refractivity contribution is 5.96. The molecular weight excluding hydrogens is 396 g/mol. The van der Waals surface area contributed by atoms with Gasteiger partial charge in [-0.2, -0.15) is 0 Å². The second-order valence-corrected chi connectivity index (χ2v) is 7.48. The molecule has 0 aliphatic carbocycles. The molecule has 0 spiro atoms. The first kappa shape index (κ1) is 22.3. The van der Waals surface area contributed by atoms with E-state index < -0.39 is 23.9 Å². The highest BCUT2D eigenvalue weighted by Crippen LogP contribution is 2.25. The number of likely N-dealkylation sites (tertiary alicyclic amines) is 1. The number of rotatable bonds is 7. The predicted molar refractivity (Wildman–Crippen MR) is 116 cm³/mol. The van der Waals surface area contributed by atoms with E-state index in [1.807, 2.05) is 6.07 Å². The summed E-state index contributed by atoms with van der Waals surface area (Å²) in [7, 11) is 1.57. The number of nitrogens with one attached hydrogen (secondary N) is 1. The molecule has 1 fully saturated rings. The van der Waals surface area contributed by atoms with Crippen LogP contribution in [-0.4, -0.2) is 42.9 Å². The zero-order valence-electron chi connectivity index (χ0n) is 17.9. The molecule has 164 valence electrons. The zero-order valence-corrected chi connectivity index (χ0v) is 17.9. The fourth-order valence-electron chi connectivity index (χ4n) is 3.61. The number of methoxy groups -OCH3 is 1. The molecule has 7 heteroatoms. The predicted octanol–water partition coefficient (Wildman–Crippen LogP) is 3.57. The van der Waals surface area contributed by atoms with Crippen molar-refractivity contribution in [1.82, 2.24) is 4.90 Å². The van der Waals surface area contributed by atoms with E-state index in [0.717, 1.165) is 6.42 Å². The van der Waals surface area contributed by atoms with Gasteiger partial charge in [0, 0.05) is 30.8 Å². The fourth-order valence-corrected chi connectivity index (χ4v) is 3.61. The van der Waals surface area contributed by atoms with E-state index in [-0.39, 0.29) is 5.91 Å². The van der Waals surface area contributed by atoms with Gasteiger partial charge in [-0.25, -0.2) is 0 Å². The van der Waals surface area contributed by atoms with E-state index in [9.17, 15) is 14.4 Å². The van der Waals surface area contributed by atoms with Crippen LogP contribution in [0, 0.1) is 5.92 Å². The molecule has 0 radical (unpaired) electrons. The van der Waals surface area contributed by atoms with Gasteiger partial charge in [-0.1, -0.05) is 37.3 Å². The number of hydrogen-bond acceptors (Lipinski definition) is 5. The average molecular weight is 424 g/mol. The molecule has 7 nitrogen and oxygen atoms in total. The van der Waals surface area contributed by atoms with Gasteiger partial charge in [-0.05, 0) is 37.1 Å². The maximum absolute atomic E-state index is 13.0. The number of benzene rings is 2. The van der Waals surface area contributed by atoms with Crippen molar-refractivity contribution in [2.75, 3.05) is 25.5 Å². The van der Waals surface area contributed by atoms with Crippen molar-refractivity contribution in [3.8, 4) is 5.75 Å². The summed E-state index contributed by atoms with van der Waals surface area (Å²) in [6.45, 7) is 2.78. The number of amides is 2. The Labute approximate surface area is 182 Å². The molecule has 0 saturated carbocycles. The maximum Gasteiger partial charge on any atom is 0.311 e. The number of nitrogens with zero attached hydrogens (tertiary/aromatic N) is 1. The van der Waals surface area contributed by atoms with Crippen molar-refractivity contribution in [1.29, 1.82) is 0 Å². The lowest BCUT2D eigenvalue weighted by molar-refractivity contribution is -0.161. The Morgan fingerprint density at radius 3 is 2.45 bits per heavy atom. The molecule has 0 bridgehead atoms. The summed E-state index contributed by atoms with van der Waals surface area (Å²) in [6.07, 6.45) is 0.680. The van der Waals surface area contributed by atoms with Crippen LogP contribution >= 0.6 is 0 Å². The molecule has 3 rings (SSSR count). The number of ether oxygens (including phenoxy) is 2. The Balaban J connectivity index is 1.73. The Morgan fingerprint density at radius 1 is 1.10 bits per heavy atom. The van der Waals surface area contributed by atoms with Crippen molar-refractivity contribution in [3.05, 3.63) is 60.2 Å². The van der Waals surface area contributed by atoms with Crippen LogP contribution in [0.4, 0.5) is 5.69 Å². The summed E-state index contributed by atoms with van der Waals surface area (Å²) in [5.41, 5.74) is 1.15. The first-order valence-corrected chi connectivity index (χ1v) is 10.5. The van der Waals surface area contributed by atoms with Crippen LogP contribution in [0.25, 0.3) is 0 Å². The van der Waals surface area contributed by atoms with Crippen LogP contribution in [0.15, 0.2) is 54.6 Å². The Kier molecular flexibility index (Phi) is 7.65. The zero-order chi connectivity index (χ0) is 22.2. The minimum absolute atomic E-state index is 0.0226. The molecule has 1 heterocycles. The van der Waals surface area contributed by atoms with Crippen molar-refractivity contribution in [2.24, 2.45) is 5.92 Å². The molecule has 0 aromatic heterocycles. The summed E-state index contributed by atoms with van der Waals surface area (Å²) < 4.78 is 10.8. The van der Waals surface area contributed by atoms with E-state index in [4.69, 9.17) is 9.47 Å². The molecule has 1 aliphatic rings. The SMILES string of the molecule is CCC(=O)N1CCC[C@@H](C(=O)O[C@@H](C(=O)Nc2ccc(OC)cc2)c2ccccc2)C1. The van der Waals surface area contributed by atoms with Gasteiger partial charge in [-0.15, -0.1) is 0 Å². The number of piperidine rings is 1. The van der Waals surface area contributed by atoms with Gasteiger partial charge in [0.2, 0.25) is 12.0 Å². The standard InChI is InChI=1S/C24H28N2O5/c1-3-21(27)26-15-7-10-18(16-26)24(29)31-22(17-8-5-4-6-9-17)23(28)25-19-11-13-20(30-2)14-12-19/h4-6,8-9,11-14,18,22H,3,7,10,15-16H2,1-2H3,(H,25,28)/t18-,22-/m1/s1. The largest absolute Gasteiger partial charge is 0.497 e. The quantitative estimate of drug-likeness (QED) is 0.687. The average Bonchev–Trinajstić information content (AvgIpc) is 2.82. The van der Waals surface area contributed by atoms with Crippen LogP contribution < -0.4 is 10.1 Å². The third kappa shape index (κ3) is 5.84. The van der Waals surface area contributed by atoms with Gasteiger partial charge in [-0.3, -0.25) is 14.4 Å². The van der Waals surface area contributed by atoms with Crippen molar-refractivity contribution in [3.63, 3.8) is 0 Å². The lowest BCUT2D eigenvalue weighted by Gasteiger charge is -2.32. The van der Waals surface area contributed by atoms with Crippen LogP contribution in [-0.2, 0) is 19.1 Å². The van der Waals surface area contributed by atoms with Crippen LogP contribution in [0.1, 0.15) is 37.9 Å². The van der Waals surface area contributed by atoms with E-state index in [1.165, 1.54) is 0 Å². The van der Waals surface area contributed by atoms with E-state index in [2.05, 4.69) is 5.32 Å². The van der Waals surface area contributed by atoms with Crippen molar-refractivity contribution in [2.45, 2.75) is 32.3 Å². The second kappa shape index (κ2) is 10.6. The topological polar surface area (TPSA) is 84.9 Å². The Morgan fingerprint density at radius 2 is 1.81 bits per heavy atom. The molecule has 2 amide bonds. The molecule has 2 atom stereocenters. The second-order valence-electron chi connectivity index (χ2n) is 7.48. The third-order valence-corrected chi connectivity index (χ3v) is 5.34. The summed E-state index contributed by atoms with van der Waals surface area (Å²) in [6, 6.07) is 15.8. The fraction of sp³-hybridized carbons (Fsp3) is 0.375. The molecular formula is C24H28N2O5. The minimum Gasteiger partial charge on any atom is -0.497 e. The summed E-state index contributed by atoms with van der Waals surface area (Å²) in [5.74, 6) is -0.652. The van der Waals surface area contributed by atoms with Gasteiger partial charge in [0.05, 0.1) is 13.0 Å². The van der Waals surface area contributed by atoms with Crippen LogP contribution in [0.3, 0.4) is 0 Å². The first-order chi connectivity index (χ1) is 15.0.